The van der Waals surface area contributed by atoms with Gasteiger partial charge in [-0.3, -0.25) is 4.84 Å². The summed E-state index contributed by atoms with van der Waals surface area (Å²) >= 11 is 0. The van der Waals surface area contributed by atoms with Gasteiger partial charge in [-0.05, 0) is 24.1 Å². The summed E-state index contributed by atoms with van der Waals surface area (Å²) in [6, 6.07) is 5.79. The van der Waals surface area contributed by atoms with Crippen LogP contribution in [-0.2, 0) is 11.4 Å². The van der Waals surface area contributed by atoms with E-state index in [1.807, 2.05) is 25.1 Å². The zero-order valence-electron chi connectivity index (χ0n) is 7.33. The summed E-state index contributed by atoms with van der Waals surface area (Å²) in [5.41, 5.74) is 2.13. The molecule has 0 fully saturated rings. The van der Waals surface area contributed by atoms with E-state index < -0.39 is 0 Å². The molecule has 0 amide bonds. The van der Waals surface area contributed by atoms with Crippen LogP contribution in [0.15, 0.2) is 18.2 Å². The Morgan fingerprint density at radius 2 is 2.17 bits per heavy atom. The second-order valence-corrected chi connectivity index (χ2v) is 2.56. The molecule has 1 rings (SSSR count). The summed E-state index contributed by atoms with van der Waals surface area (Å²) in [6.07, 6.45) is 0. The minimum absolute atomic E-state index is 0.420. The van der Waals surface area contributed by atoms with Crippen molar-refractivity contribution in [1.29, 1.82) is 0 Å². The molecule has 0 aromatic heterocycles. The quantitative estimate of drug-likeness (QED) is 0.692. The third-order valence-corrected chi connectivity index (χ3v) is 1.86. The predicted octanol–water partition coefficient (Wildman–Crippen LogP) is 1.39. The largest absolute Gasteiger partial charge is 0.496 e. The van der Waals surface area contributed by atoms with E-state index in [0.29, 0.717) is 6.61 Å². The molecule has 0 radical (unpaired) electrons. The first-order valence-electron chi connectivity index (χ1n) is 3.73. The Morgan fingerprint density at radius 3 is 2.75 bits per heavy atom. The van der Waals surface area contributed by atoms with Gasteiger partial charge >= 0.3 is 0 Å². The van der Waals surface area contributed by atoms with Gasteiger partial charge in [-0.1, -0.05) is 12.1 Å². The third-order valence-electron chi connectivity index (χ3n) is 1.86. The first-order chi connectivity index (χ1) is 5.79. The number of rotatable bonds is 3. The van der Waals surface area contributed by atoms with Crippen molar-refractivity contribution in [2.24, 2.45) is 5.90 Å². The van der Waals surface area contributed by atoms with Crippen LogP contribution in [0.25, 0.3) is 0 Å². The summed E-state index contributed by atoms with van der Waals surface area (Å²) in [5, 5.41) is 0. The Bertz CT molecular complexity index is 261. The lowest BCUT2D eigenvalue weighted by Crippen LogP contribution is -2.01. The maximum atomic E-state index is 5.14. The molecule has 0 saturated heterocycles. The van der Waals surface area contributed by atoms with Crippen molar-refractivity contribution in [3.05, 3.63) is 29.3 Å². The molecule has 12 heavy (non-hydrogen) atoms. The van der Waals surface area contributed by atoms with Gasteiger partial charge in [0.25, 0.3) is 0 Å². The number of hydrogen-bond acceptors (Lipinski definition) is 3. The van der Waals surface area contributed by atoms with Crippen LogP contribution in [0.4, 0.5) is 0 Å². The van der Waals surface area contributed by atoms with Gasteiger partial charge in [0.15, 0.2) is 0 Å². The van der Waals surface area contributed by atoms with Crippen LogP contribution in [0.5, 0.6) is 5.75 Å². The zero-order chi connectivity index (χ0) is 8.97. The van der Waals surface area contributed by atoms with Crippen molar-refractivity contribution in [1.82, 2.24) is 0 Å². The van der Waals surface area contributed by atoms with Crippen molar-refractivity contribution in [3.8, 4) is 5.75 Å². The fourth-order valence-corrected chi connectivity index (χ4v) is 1.13. The van der Waals surface area contributed by atoms with E-state index in [-0.39, 0.29) is 0 Å². The highest BCUT2D eigenvalue weighted by Crippen LogP contribution is 2.20. The maximum absolute atomic E-state index is 5.14. The topological polar surface area (TPSA) is 44.5 Å². The smallest absolute Gasteiger partial charge is 0.122 e. The molecular formula is C9H13NO2. The van der Waals surface area contributed by atoms with E-state index in [1.54, 1.807) is 7.11 Å². The number of nitrogens with two attached hydrogens (primary N) is 1. The van der Waals surface area contributed by atoms with E-state index in [0.717, 1.165) is 16.9 Å². The number of ether oxygens (including phenoxy) is 1. The molecule has 0 spiro atoms. The van der Waals surface area contributed by atoms with Crippen LogP contribution in [-0.4, -0.2) is 7.11 Å². The molecule has 0 atom stereocenters. The highest BCUT2D eigenvalue weighted by atomic mass is 16.6. The molecule has 0 saturated carbocycles. The highest BCUT2D eigenvalue weighted by Gasteiger charge is 2.02. The number of methoxy groups -OCH3 is 1. The lowest BCUT2D eigenvalue weighted by atomic mass is 10.1. The lowest BCUT2D eigenvalue weighted by Gasteiger charge is -2.08. The average molecular weight is 167 g/mol. The Balaban J connectivity index is 2.97. The zero-order valence-corrected chi connectivity index (χ0v) is 7.33. The van der Waals surface area contributed by atoms with Crippen molar-refractivity contribution >= 4 is 0 Å². The van der Waals surface area contributed by atoms with Crippen LogP contribution in [0.1, 0.15) is 11.1 Å². The average Bonchev–Trinajstić information content (AvgIpc) is 2.09. The molecule has 0 aliphatic carbocycles. The minimum atomic E-state index is 0.420. The molecule has 0 unspecified atom stereocenters. The minimum Gasteiger partial charge on any atom is -0.496 e. The maximum Gasteiger partial charge on any atom is 0.122 e. The van der Waals surface area contributed by atoms with Gasteiger partial charge in [0.2, 0.25) is 0 Å². The third kappa shape index (κ3) is 1.75. The molecular weight excluding hydrogens is 154 g/mol. The number of benzene rings is 1. The monoisotopic (exact) mass is 167 g/mol. The molecule has 0 aliphatic rings. The fourth-order valence-electron chi connectivity index (χ4n) is 1.13. The van der Waals surface area contributed by atoms with Gasteiger partial charge in [0, 0.05) is 0 Å². The van der Waals surface area contributed by atoms with E-state index in [1.165, 1.54) is 0 Å². The molecule has 2 N–H and O–H groups in total. The predicted molar refractivity (Wildman–Crippen MR) is 46.7 cm³/mol. The Morgan fingerprint density at radius 1 is 1.42 bits per heavy atom. The molecule has 1 aromatic carbocycles. The lowest BCUT2D eigenvalue weighted by molar-refractivity contribution is 0.123. The summed E-state index contributed by atoms with van der Waals surface area (Å²) in [4.78, 5) is 4.55. The molecule has 1 aromatic rings. The van der Waals surface area contributed by atoms with Crippen molar-refractivity contribution < 1.29 is 9.57 Å². The Kier molecular flexibility index (Phi) is 3.08. The van der Waals surface area contributed by atoms with Crippen LogP contribution >= 0.6 is 0 Å². The fraction of sp³-hybridized carbons (Fsp3) is 0.333. The standard InChI is InChI=1S/C9H13NO2/c1-7-8(6-12-10)4-3-5-9(7)11-2/h3-5H,6,10H2,1-2H3. The van der Waals surface area contributed by atoms with Crippen molar-refractivity contribution in [2.45, 2.75) is 13.5 Å². The second kappa shape index (κ2) is 4.09. The Labute approximate surface area is 72.0 Å². The van der Waals surface area contributed by atoms with E-state index in [4.69, 9.17) is 10.6 Å². The van der Waals surface area contributed by atoms with Crippen LogP contribution in [0, 0.1) is 6.92 Å². The molecule has 0 bridgehead atoms. The van der Waals surface area contributed by atoms with Crippen LogP contribution in [0.3, 0.4) is 0 Å². The van der Waals surface area contributed by atoms with Crippen LogP contribution in [0.2, 0.25) is 0 Å². The van der Waals surface area contributed by atoms with E-state index in [2.05, 4.69) is 4.84 Å². The van der Waals surface area contributed by atoms with Crippen molar-refractivity contribution in [3.63, 3.8) is 0 Å². The first-order valence-corrected chi connectivity index (χ1v) is 3.73. The Hall–Kier alpha value is -1.06. The molecule has 3 nitrogen and oxygen atoms in total. The highest BCUT2D eigenvalue weighted by molar-refractivity contribution is 5.38. The van der Waals surface area contributed by atoms with Gasteiger partial charge in [-0.2, -0.15) is 0 Å². The van der Waals surface area contributed by atoms with Crippen LogP contribution < -0.4 is 10.6 Å². The summed E-state index contributed by atoms with van der Waals surface area (Å²) in [5.74, 6) is 5.85. The second-order valence-electron chi connectivity index (χ2n) is 2.56. The summed E-state index contributed by atoms with van der Waals surface area (Å²) < 4.78 is 5.14. The van der Waals surface area contributed by atoms with Gasteiger partial charge in [-0.25, -0.2) is 5.90 Å². The van der Waals surface area contributed by atoms with E-state index >= 15 is 0 Å². The molecule has 0 aliphatic heterocycles. The van der Waals surface area contributed by atoms with Gasteiger partial charge in [0.05, 0.1) is 13.7 Å². The van der Waals surface area contributed by atoms with Crippen molar-refractivity contribution in [2.75, 3.05) is 7.11 Å². The van der Waals surface area contributed by atoms with E-state index in [9.17, 15) is 0 Å². The van der Waals surface area contributed by atoms with Gasteiger partial charge in [0.1, 0.15) is 5.75 Å². The van der Waals surface area contributed by atoms with Gasteiger partial charge in [-0.15, -0.1) is 0 Å². The van der Waals surface area contributed by atoms with Gasteiger partial charge < -0.3 is 4.74 Å². The SMILES string of the molecule is COc1cccc(CON)c1C. The first kappa shape index (κ1) is 9.03. The summed E-state index contributed by atoms with van der Waals surface area (Å²) in [7, 11) is 1.65. The molecule has 3 heteroatoms. The summed E-state index contributed by atoms with van der Waals surface area (Å²) in [6.45, 7) is 2.40. The molecule has 66 valence electrons. The molecule has 0 heterocycles. The number of hydrogen-bond donors (Lipinski definition) is 1. The normalized spacial score (nSPS) is 9.92.